The number of ether oxygens (including phenoxy) is 1. The summed E-state index contributed by atoms with van der Waals surface area (Å²) in [6, 6.07) is 15.6. The average molecular weight is 282 g/mol. The molecule has 0 atom stereocenters. The minimum absolute atomic E-state index is 0.133. The molecule has 2 aromatic carbocycles. The van der Waals surface area contributed by atoms with Crippen molar-refractivity contribution in [1.82, 2.24) is 5.32 Å². The molecule has 5 heteroatoms. The van der Waals surface area contributed by atoms with Crippen molar-refractivity contribution in [3.63, 3.8) is 0 Å². The van der Waals surface area contributed by atoms with Gasteiger partial charge in [-0.15, -0.1) is 0 Å². The van der Waals surface area contributed by atoms with Gasteiger partial charge in [0.05, 0.1) is 17.7 Å². The van der Waals surface area contributed by atoms with Crippen LogP contribution in [0.5, 0.6) is 11.5 Å². The third kappa shape index (κ3) is 3.59. The predicted molar refractivity (Wildman–Crippen MR) is 77.1 cm³/mol. The van der Waals surface area contributed by atoms with Crippen molar-refractivity contribution in [2.75, 3.05) is 13.2 Å². The maximum Gasteiger partial charge on any atom is 0.255 e. The number of hydrogen-bond acceptors (Lipinski definition) is 4. The zero-order valence-corrected chi connectivity index (χ0v) is 11.2. The van der Waals surface area contributed by atoms with E-state index in [0.717, 1.165) is 0 Å². The molecule has 0 aliphatic heterocycles. The first-order valence-corrected chi connectivity index (χ1v) is 6.41. The van der Waals surface area contributed by atoms with E-state index in [1.165, 1.54) is 0 Å². The largest absolute Gasteiger partial charge is 0.455 e. The molecule has 0 radical (unpaired) electrons. The van der Waals surface area contributed by atoms with Crippen LogP contribution in [0.3, 0.4) is 0 Å². The van der Waals surface area contributed by atoms with Gasteiger partial charge in [0, 0.05) is 6.54 Å². The van der Waals surface area contributed by atoms with Gasteiger partial charge >= 0.3 is 0 Å². The Labute approximate surface area is 122 Å². The Morgan fingerprint density at radius 2 is 1.81 bits per heavy atom. The number of carbonyl (C=O) groups excluding carboxylic acids is 1. The number of carbonyl (C=O) groups is 1. The maximum atomic E-state index is 12.0. The highest BCUT2D eigenvalue weighted by Crippen LogP contribution is 2.27. The van der Waals surface area contributed by atoms with Crippen LogP contribution in [0.15, 0.2) is 48.5 Å². The highest BCUT2D eigenvalue weighted by Gasteiger charge is 2.13. The van der Waals surface area contributed by atoms with Crippen LogP contribution < -0.4 is 10.1 Å². The number of benzene rings is 2. The van der Waals surface area contributed by atoms with Gasteiger partial charge in [0.25, 0.3) is 5.91 Å². The van der Waals surface area contributed by atoms with Crippen molar-refractivity contribution in [1.29, 1.82) is 5.26 Å². The highest BCUT2D eigenvalue weighted by molar-refractivity contribution is 5.97. The number of amides is 1. The van der Waals surface area contributed by atoms with E-state index in [4.69, 9.17) is 15.1 Å². The monoisotopic (exact) mass is 282 g/mol. The molecule has 2 aromatic rings. The molecule has 5 nitrogen and oxygen atoms in total. The fourth-order valence-electron chi connectivity index (χ4n) is 1.77. The molecule has 0 unspecified atom stereocenters. The van der Waals surface area contributed by atoms with Crippen molar-refractivity contribution in [3.05, 3.63) is 59.7 Å². The fourth-order valence-corrected chi connectivity index (χ4v) is 1.77. The molecular formula is C16H14N2O3. The Morgan fingerprint density at radius 1 is 1.14 bits per heavy atom. The second kappa shape index (κ2) is 7.08. The van der Waals surface area contributed by atoms with Gasteiger partial charge in [-0.3, -0.25) is 4.79 Å². The van der Waals surface area contributed by atoms with E-state index in [2.05, 4.69) is 5.32 Å². The van der Waals surface area contributed by atoms with Crippen molar-refractivity contribution in [2.24, 2.45) is 0 Å². The topological polar surface area (TPSA) is 82.3 Å². The van der Waals surface area contributed by atoms with Gasteiger partial charge in [-0.1, -0.05) is 24.3 Å². The standard InChI is InChI=1S/C16H14N2O3/c17-11-12-5-1-3-7-14(12)21-15-8-4-2-6-13(15)16(20)18-9-10-19/h1-8,19H,9-10H2,(H,18,20). The molecule has 21 heavy (non-hydrogen) atoms. The van der Waals surface area contributed by atoms with E-state index in [-0.39, 0.29) is 19.1 Å². The zero-order valence-electron chi connectivity index (χ0n) is 11.2. The molecule has 0 spiro atoms. The van der Waals surface area contributed by atoms with E-state index in [1.807, 2.05) is 6.07 Å². The molecule has 106 valence electrons. The lowest BCUT2D eigenvalue weighted by Crippen LogP contribution is -2.26. The Hall–Kier alpha value is -2.84. The van der Waals surface area contributed by atoms with Crippen LogP contribution in [-0.4, -0.2) is 24.2 Å². The summed E-state index contributed by atoms with van der Waals surface area (Å²) in [7, 11) is 0. The molecule has 0 bridgehead atoms. The Kier molecular flexibility index (Phi) is 4.91. The first-order chi connectivity index (χ1) is 10.3. The first-order valence-electron chi connectivity index (χ1n) is 6.41. The summed E-state index contributed by atoms with van der Waals surface area (Å²) in [5.41, 5.74) is 0.738. The minimum atomic E-state index is -0.339. The third-order valence-corrected chi connectivity index (χ3v) is 2.76. The quantitative estimate of drug-likeness (QED) is 0.879. The smallest absolute Gasteiger partial charge is 0.255 e. The van der Waals surface area contributed by atoms with Gasteiger partial charge in [0.1, 0.15) is 17.6 Å². The number of aliphatic hydroxyl groups excluding tert-OH is 1. The summed E-state index contributed by atoms with van der Waals surface area (Å²) in [6.07, 6.45) is 0. The van der Waals surface area contributed by atoms with Crippen molar-refractivity contribution < 1.29 is 14.6 Å². The number of hydrogen-bond donors (Lipinski definition) is 2. The first kappa shape index (κ1) is 14.6. The predicted octanol–water partition coefficient (Wildman–Crippen LogP) is 2.07. The molecule has 0 aromatic heterocycles. The number of aliphatic hydroxyl groups is 1. The van der Waals surface area contributed by atoms with Crippen LogP contribution in [0, 0.1) is 11.3 Å². The molecule has 2 rings (SSSR count). The van der Waals surface area contributed by atoms with E-state index in [9.17, 15) is 4.79 Å². The van der Waals surface area contributed by atoms with Crippen LogP contribution in [-0.2, 0) is 0 Å². The lowest BCUT2D eigenvalue weighted by atomic mass is 10.1. The van der Waals surface area contributed by atoms with Crippen LogP contribution in [0.25, 0.3) is 0 Å². The maximum absolute atomic E-state index is 12.0. The Morgan fingerprint density at radius 3 is 2.52 bits per heavy atom. The molecule has 0 heterocycles. The lowest BCUT2D eigenvalue weighted by Gasteiger charge is -2.11. The van der Waals surface area contributed by atoms with Gasteiger partial charge in [-0.25, -0.2) is 0 Å². The van der Waals surface area contributed by atoms with Crippen molar-refractivity contribution >= 4 is 5.91 Å². The number of nitriles is 1. The zero-order chi connectivity index (χ0) is 15.1. The number of nitrogens with one attached hydrogen (secondary N) is 1. The SMILES string of the molecule is N#Cc1ccccc1Oc1ccccc1C(=O)NCCO. The van der Waals surface area contributed by atoms with Gasteiger partial charge in [0.15, 0.2) is 0 Å². The molecule has 0 aliphatic rings. The molecular weight excluding hydrogens is 268 g/mol. The number of rotatable bonds is 5. The number of nitrogens with zero attached hydrogens (tertiary/aromatic N) is 1. The molecule has 0 aliphatic carbocycles. The Balaban J connectivity index is 2.29. The fraction of sp³-hybridized carbons (Fsp3) is 0.125. The molecule has 1 amide bonds. The minimum Gasteiger partial charge on any atom is -0.455 e. The van der Waals surface area contributed by atoms with Gasteiger partial charge in [0.2, 0.25) is 0 Å². The molecule has 0 saturated heterocycles. The van der Waals surface area contributed by atoms with E-state index in [0.29, 0.717) is 22.6 Å². The summed E-state index contributed by atoms with van der Waals surface area (Å²) < 4.78 is 5.69. The van der Waals surface area contributed by atoms with E-state index < -0.39 is 0 Å². The van der Waals surface area contributed by atoms with Crippen LogP contribution in [0.1, 0.15) is 15.9 Å². The lowest BCUT2D eigenvalue weighted by molar-refractivity contribution is 0.0942. The second-order valence-corrected chi connectivity index (χ2v) is 4.19. The van der Waals surface area contributed by atoms with E-state index >= 15 is 0 Å². The average Bonchev–Trinajstić information content (AvgIpc) is 2.53. The summed E-state index contributed by atoms with van der Waals surface area (Å²) in [6.45, 7) is 0.0357. The second-order valence-electron chi connectivity index (χ2n) is 4.19. The van der Waals surface area contributed by atoms with Crippen LogP contribution in [0.2, 0.25) is 0 Å². The van der Waals surface area contributed by atoms with Crippen LogP contribution >= 0.6 is 0 Å². The number of para-hydroxylation sites is 2. The van der Waals surface area contributed by atoms with Crippen molar-refractivity contribution in [2.45, 2.75) is 0 Å². The van der Waals surface area contributed by atoms with Gasteiger partial charge in [-0.2, -0.15) is 5.26 Å². The van der Waals surface area contributed by atoms with Crippen LogP contribution in [0.4, 0.5) is 0 Å². The molecule has 0 fully saturated rings. The normalized spacial score (nSPS) is 9.71. The summed E-state index contributed by atoms with van der Waals surface area (Å²) in [4.78, 5) is 12.0. The van der Waals surface area contributed by atoms with E-state index in [1.54, 1.807) is 48.5 Å². The molecule has 2 N–H and O–H groups in total. The summed E-state index contributed by atoms with van der Waals surface area (Å²) in [5, 5.41) is 20.4. The van der Waals surface area contributed by atoms with Crippen molar-refractivity contribution in [3.8, 4) is 17.6 Å². The van der Waals surface area contributed by atoms with Gasteiger partial charge < -0.3 is 15.2 Å². The molecule has 0 saturated carbocycles. The Bertz CT molecular complexity index is 677. The summed E-state index contributed by atoms with van der Waals surface area (Å²) >= 11 is 0. The third-order valence-electron chi connectivity index (χ3n) is 2.76. The highest BCUT2D eigenvalue weighted by atomic mass is 16.5. The van der Waals surface area contributed by atoms with Gasteiger partial charge in [-0.05, 0) is 24.3 Å². The summed E-state index contributed by atoms with van der Waals surface area (Å²) in [5.74, 6) is 0.409.